The van der Waals surface area contributed by atoms with E-state index in [1.807, 2.05) is 25.1 Å². The highest BCUT2D eigenvalue weighted by Gasteiger charge is 2.27. The molecule has 3 heterocycles. The zero-order chi connectivity index (χ0) is 25.7. The molecule has 0 spiro atoms. The Morgan fingerprint density at radius 3 is 2.50 bits per heavy atom. The minimum Gasteiger partial charge on any atom is -0.491 e. The van der Waals surface area contributed by atoms with Crippen molar-refractivity contribution < 1.29 is 27.5 Å². The number of halogens is 3. The number of hydrogen-bond acceptors (Lipinski definition) is 6. The fourth-order valence-corrected chi connectivity index (χ4v) is 3.79. The van der Waals surface area contributed by atoms with E-state index in [0.717, 1.165) is 34.7 Å². The van der Waals surface area contributed by atoms with E-state index in [0.29, 0.717) is 6.42 Å². The standard InChI is InChI=1S/C25H24F3N5O3/c1-2-22-31-12-16(13-32-22)18-4-3-5-21-19(18)10-17(14-36-21)33-23(34)15-6-7-20(30-11-15)24(35)29-9-8-25(26,27)28/h3-7,11-13,17H,2,8-10,14H2,1H3,(H,29,35)(H,33,34)/t17-/m0/s1. The largest absolute Gasteiger partial charge is 0.491 e. The third-order valence-electron chi connectivity index (χ3n) is 5.64. The van der Waals surface area contributed by atoms with Crippen molar-refractivity contribution in [2.75, 3.05) is 13.2 Å². The first-order valence-electron chi connectivity index (χ1n) is 11.4. The molecule has 0 saturated heterocycles. The molecule has 2 amide bonds. The van der Waals surface area contributed by atoms with Gasteiger partial charge in [0.25, 0.3) is 11.8 Å². The quantitative estimate of drug-likeness (QED) is 0.515. The Morgan fingerprint density at radius 1 is 1.06 bits per heavy atom. The molecule has 2 aromatic heterocycles. The van der Waals surface area contributed by atoms with Gasteiger partial charge in [-0.25, -0.2) is 9.97 Å². The van der Waals surface area contributed by atoms with Crippen LogP contribution in [-0.4, -0.2) is 52.1 Å². The Hall–Kier alpha value is -4.02. The molecule has 1 atom stereocenters. The molecule has 36 heavy (non-hydrogen) atoms. The van der Waals surface area contributed by atoms with Crippen LogP contribution >= 0.6 is 0 Å². The van der Waals surface area contributed by atoms with Gasteiger partial charge in [-0.15, -0.1) is 0 Å². The van der Waals surface area contributed by atoms with E-state index in [9.17, 15) is 22.8 Å². The summed E-state index contributed by atoms with van der Waals surface area (Å²) in [7, 11) is 0. The summed E-state index contributed by atoms with van der Waals surface area (Å²) in [6.07, 6.45) is 0.531. The van der Waals surface area contributed by atoms with Gasteiger partial charge in [-0.1, -0.05) is 19.1 Å². The summed E-state index contributed by atoms with van der Waals surface area (Å²) in [5.41, 5.74) is 2.85. The van der Waals surface area contributed by atoms with Gasteiger partial charge in [0.1, 0.15) is 23.9 Å². The molecule has 1 aromatic carbocycles. The van der Waals surface area contributed by atoms with Crippen LogP contribution in [0.2, 0.25) is 0 Å². The molecule has 1 aliphatic rings. The number of amides is 2. The maximum atomic E-state index is 12.8. The van der Waals surface area contributed by atoms with E-state index in [1.54, 1.807) is 12.4 Å². The number of aryl methyl sites for hydroxylation is 1. The number of benzene rings is 1. The second kappa shape index (κ2) is 10.7. The predicted molar refractivity (Wildman–Crippen MR) is 125 cm³/mol. The minimum absolute atomic E-state index is 0.0791. The normalized spacial score (nSPS) is 14.9. The van der Waals surface area contributed by atoms with Gasteiger partial charge in [0.15, 0.2) is 0 Å². The summed E-state index contributed by atoms with van der Waals surface area (Å²) in [5.74, 6) is 0.340. The SMILES string of the molecule is CCc1ncc(-c2cccc3c2C[C@H](NC(=O)c2ccc(C(=O)NCCC(F)(F)F)nc2)CO3)cn1. The zero-order valence-corrected chi connectivity index (χ0v) is 19.4. The lowest BCUT2D eigenvalue weighted by Crippen LogP contribution is -2.43. The number of ether oxygens (including phenoxy) is 1. The van der Waals surface area contributed by atoms with E-state index >= 15 is 0 Å². The van der Waals surface area contributed by atoms with Gasteiger partial charge < -0.3 is 15.4 Å². The molecular formula is C25H24F3N5O3. The number of aromatic nitrogens is 3. The van der Waals surface area contributed by atoms with E-state index in [4.69, 9.17) is 4.74 Å². The third kappa shape index (κ3) is 6.15. The van der Waals surface area contributed by atoms with Gasteiger partial charge in [0.2, 0.25) is 0 Å². The van der Waals surface area contributed by atoms with E-state index in [-0.39, 0.29) is 23.9 Å². The molecule has 8 nitrogen and oxygen atoms in total. The van der Waals surface area contributed by atoms with Crippen molar-refractivity contribution in [2.24, 2.45) is 0 Å². The van der Waals surface area contributed by atoms with Gasteiger partial charge in [-0.2, -0.15) is 13.2 Å². The van der Waals surface area contributed by atoms with Crippen LogP contribution < -0.4 is 15.4 Å². The smallest absolute Gasteiger partial charge is 0.390 e. The molecule has 3 aromatic rings. The minimum atomic E-state index is -4.36. The number of carbonyl (C=O) groups excluding carboxylic acids is 2. The van der Waals surface area contributed by atoms with Crippen molar-refractivity contribution in [1.29, 1.82) is 0 Å². The second-order valence-corrected chi connectivity index (χ2v) is 8.26. The van der Waals surface area contributed by atoms with Crippen LogP contribution in [0.5, 0.6) is 5.75 Å². The van der Waals surface area contributed by atoms with Gasteiger partial charge in [0, 0.05) is 49.1 Å². The van der Waals surface area contributed by atoms with E-state index in [1.165, 1.54) is 18.3 Å². The van der Waals surface area contributed by atoms with Crippen LogP contribution in [0.25, 0.3) is 11.1 Å². The molecule has 188 valence electrons. The highest BCUT2D eigenvalue weighted by molar-refractivity contribution is 5.96. The van der Waals surface area contributed by atoms with Crippen molar-refractivity contribution in [3.63, 3.8) is 0 Å². The summed E-state index contributed by atoms with van der Waals surface area (Å²) < 4.78 is 42.6. The van der Waals surface area contributed by atoms with Crippen LogP contribution in [0.4, 0.5) is 13.2 Å². The number of carbonyl (C=O) groups is 2. The predicted octanol–water partition coefficient (Wildman–Crippen LogP) is 3.52. The highest BCUT2D eigenvalue weighted by atomic mass is 19.4. The highest BCUT2D eigenvalue weighted by Crippen LogP contribution is 2.34. The Bertz CT molecular complexity index is 1230. The number of fused-ring (bicyclic) bond motifs is 1. The fourth-order valence-electron chi connectivity index (χ4n) is 3.79. The van der Waals surface area contributed by atoms with Crippen LogP contribution in [0.1, 0.15) is 45.6 Å². The lowest BCUT2D eigenvalue weighted by atomic mass is 9.94. The molecular weight excluding hydrogens is 475 g/mol. The van der Waals surface area contributed by atoms with Gasteiger partial charge >= 0.3 is 6.18 Å². The molecule has 4 rings (SSSR count). The molecule has 0 saturated carbocycles. The zero-order valence-electron chi connectivity index (χ0n) is 19.4. The maximum Gasteiger partial charge on any atom is 0.390 e. The summed E-state index contributed by atoms with van der Waals surface area (Å²) in [4.78, 5) is 37.4. The van der Waals surface area contributed by atoms with E-state index in [2.05, 4.69) is 25.6 Å². The van der Waals surface area contributed by atoms with Crippen molar-refractivity contribution in [1.82, 2.24) is 25.6 Å². The van der Waals surface area contributed by atoms with Crippen molar-refractivity contribution in [3.05, 3.63) is 71.6 Å². The average Bonchev–Trinajstić information content (AvgIpc) is 2.87. The molecule has 0 unspecified atom stereocenters. The summed E-state index contributed by atoms with van der Waals surface area (Å²) in [6, 6.07) is 8.11. The fraction of sp³-hybridized carbons (Fsp3) is 0.320. The van der Waals surface area contributed by atoms with Crippen molar-refractivity contribution in [2.45, 2.75) is 38.4 Å². The number of alkyl halides is 3. The Labute approximate surface area is 205 Å². The first-order chi connectivity index (χ1) is 17.2. The Balaban J connectivity index is 1.39. The van der Waals surface area contributed by atoms with Crippen molar-refractivity contribution in [3.8, 4) is 16.9 Å². The summed E-state index contributed by atoms with van der Waals surface area (Å²) >= 11 is 0. The molecule has 0 fully saturated rings. The molecule has 0 radical (unpaired) electrons. The van der Waals surface area contributed by atoms with Gasteiger partial charge in [0.05, 0.1) is 18.0 Å². The van der Waals surface area contributed by atoms with Crippen LogP contribution in [-0.2, 0) is 12.8 Å². The molecule has 0 aliphatic carbocycles. The second-order valence-electron chi connectivity index (χ2n) is 8.26. The maximum absolute atomic E-state index is 12.8. The number of hydrogen-bond donors (Lipinski definition) is 2. The van der Waals surface area contributed by atoms with Crippen molar-refractivity contribution >= 4 is 11.8 Å². The first kappa shape index (κ1) is 25.1. The Kier molecular flexibility index (Phi) is 7.47. The number of nitrogens with one attached hydrogen (secondary N) is 2. The lowest BCUT2D eigenvalue weighted by Gasteiger charge is -2.28. The van der Waals surface area contributed by atoms with Crippen LogP contribution in [0, 0.1) is 0 Å². The summed E-state index contributed by atoms with van der Waals surface area (Å²) in [6.45, 7) is 1.71. The molecule has 11 heteroatoms. The topological polar surface area (TPSA) is 106 Å². The molecule has 1 aliphatic heterocycles. The number of nitrogens with zero attached hydrogens (tertiary/aromatic N) is 3. The van der Waals surface area contributed by atoms with Gasteiger partial charge in [-0.05, 0) is 23.8 Å². The van der Waals surface area contributed by atoms with Gasteiger partial charge in [-0.3, -0.25) is 14.6 Å². The third-order valence-corrected chi connectivity index (χ3v) is 5.64. The van der Waals surface area contributed by atoms with Crippen LogP contribution in [0.15, 0.2) is 48.9 Å². The van der Waals surface area contributed by atoms with E-state index < -0.39 is 31.0 Å². The molecule has 2 N–H and O–H groups in total. The molecule has 0 bridgehead atoms. The van der Waals surface area contributed by atoms with Crippen LogP contribution in [0.3, 0.4) is 0 Å². The number of rotatable bonds is 7. The monoisotopic (exact) mass is 499 g/mol. The first-order valence-corrected chi connectivity index (χ1v) is 11.4. The number of pyridine rings is 1. The lowest BCUT2D eigenvalue weighted by molar-refractivity contribution is -0.133. The average molecular weight is 499 g/mol. The summed E-state index contributed by atoms with van der Waals surface area (Å²) in [5, 5.41) is 5.07. The Morgan fingerprint density at radius 2 is 1.83 bits per heavy atom.